The van der Waals surface area contributed by atoms with Crippen molar-refractivity contribution in [1.29, 1.82) is 0 Å². The Morgan fingerprint density at radius 1 is 0.967 bits per heavy atom. The van der Waals surface area contributed by atoms with E-state index in [4.69, 9.17) is 9.73 Å². The molecule has 5 nitrogen and oxygen atoms in total. The number of carbonyl (C=O) groups excluding carboxylic acids is 1. The van der Waals surface area contributed by atoms with Crippen LogP contribution in [0, 0.1) is 0 Å². The lowest BCUT2D eigenvalue weighted by Crippen LogP contribution is -3.17. The molecule has 1 amide bonds. The van der Waals surface area contributed by atoms with Crippen LogP contribution in [0.5, 0.6) is 0 Å². The van der Waals surface area contributed by atoms with Crippen molar-refractivity contribution in [3.8, 4) is 0 Å². The van der Waals surface area contributed by atoms with Crippen molar-refractivity contribution in [2.75, 3.05) is 24.7 Å². The van der Waals surface area contributed by atoms with Gasteiger partial charge in [0.25, 0.3) is 5.91 Å². The van der Waals surface area contributed by atoms with Crippen LogP contribution in [0.1, 0.15) is 19.4 Å². The number of nitrogens with zero attached hydrogens (tertiary/aromatic N) is 2. The topological polar surface area (TPSA) is 46.3 Å². The second-order valence-electron chi connectivity index (χ2n) is 8.32. The van der Waals surface area contributed by atoms with Gasteiger partial charge in [-0.15, -0.1) is 0 Å². The fraction of sp³-hybridized carbons (Fsp3) is 0.280. The Labute approximate surface area is 176 Å². The minimum absolute atomic E-state index is 0.0244. The number of hydrogen-bond donors (Lipinski definition) is 1. The number of nitrogens with one attached hydrogen (secondary N) is 1. The number of para-hydroxylation sites is 1. The van der Waals surface area contributed by atoms with Gasteiger partial charge in [0, 0.05) is 5.56 Å². The first kappa shape index (κ1) is 19.0. The highest BCUT2D eigenvalue weighted by Gasteiger charge is 2.37. The number of benzene rings is 3. The van der Waals surface area contributed by atoms with Gasteiger partial charge in [-0.25, -0.2) is 4.99 Å². The summed E-state index contributed by atoms with van der Waals surface area (Å²) in [5, 5.41) is 2.29. The number of amides is 1. The van der Waals surface area contributed by atoms with Crippen molar-refractivity contribution in [3.05, 3.63) is 72.3 Å². The minimum Gasteiger partial charge on any atom is -0.364 e. The summed E-state index contributed by atoms with van der Waals surface area (Å²) in [5.74, 6) is -0.0244. The van der Waals surface area contributed by atoms with E-state index in [1.807, 2.05) is 53.4 Å². The van der Waals surface area contributed by atoms with E-state index in [1.165, 1.54) is 10.3 Å². The van der Waals surface area contributed by atoms with Crippen LogP contribution in [-0.2, 0) is 9.53 Å². The molecule has 3 aromatic carbocycles. The fourth-order valence-electron chi connectivity index (χ4n) is 4.64. The Morgan fingerprint density at radius 3 is 2.47 bits per heavy atom. The van der Waals surface area contributed by atoms with Crippen LogP contribution in [0.2, 0.25) is 0 Å². The molecule has 0 saturated carbocycles. The predicted octanol–water partition coefficient (Wildman–Crippen LogP) is 2.96. The molecule has 1 saturated heterocycles. The third kappa shape index (κ3) is 3.51. The summed E-state index contributed by atoms with van der Waals surface area (Å²) >= 11 is 0. The molecular weight excluding hydrogens is 374 g/mol. The monoisotopic (exact) mass is 400 g/mol. The Kier molecular flexibility index (Phi) is 4.85. The summed E-state index contributed by atoms with van der Waals surface area (Å²) in [5.41, 5.74) is 3.18. The molecule has 0 aliphatic carbocycles. The summed E-state index contributed by atoms with van der Waals surface area (Å²) in [6.45, 7) is 6.62. The maximum Gasteiger partial charge on any atom is 0.281 e. The Hall–Kier alpha value is -3.02. The molecular formula is C25H26N3O2+. The van der Waals surface area contributed by atoms with Crippen molar-refractivity contribution < 1.29 is 14.4 Å². The number of hydrogen-bond acceptors (Lipinski definition) is 3. The van der Waals surface area contributed by atoms with Crippen LogP contribution in [0.25, 0.3) is 10.8 Å². The number of rotatable bonds is 3. The summed E-state index contributed by atoms with van der Waals surface area (Å²) in [4.78, 5) is 21.5. The molecule has 0 spiro atoms. The van der Waals surface area contributed by atoms with E-state index >= 15 is 0 Å². The van der Waals surface area contributed by atoms with Gasteiger partial charge in [-0.05, 0) is 42.8 Å². The van der Waals surface area contributed by atoms with Crippen molar-refractivity contribution in [2.24, 2.45) is 4.99 Å². The molecule has 2 heterocycles. The minimum atomic E-state index is -0.0244. The molecule has 0 radical (unpaired) electrons. The van der Waals surface area contributed by atoms with E-state index < -0.39 is 0 Å². The van der Waals surface area contributed by atoms with Crippen LogP contribution >= 0.6 is 0 Å². The lowest BCUT2D eigenvalue weighted by atomic mass is 10.1. The van der Waals surface area contributed by atoms with E-state index in [-0.39, 0.29) is 18.1 Å². The third-order valence-corrected chi connectivity index (χ3v) is 5.87. The van der Waals surface area contributed by atoms with E-state index in [0.717, 1.165) is 35.4 Å². The molecule has 1 fully saturated rings. The highest BCUT2D eigenvalue weighted by molar-refractivity contribution is 6.54. The maximum absolute atomic E-state index is 13.4. The molecule has 3 aromatic rings. The zero-order valence-electron chi connectivity index (χ0n) is 17.3. The molecule has 2 aliphatic heterocycles. The Bertz CT molecular complexity index is 1130. The zero-order chi connectivity index (χ0) is 20.7. The largest absolute Gasteiger partial charge is 0.364 e. The molecule has 2 aliphatic rings. The molecule has 1 N–H and O–H groups in total. The van der Waals surface area contributed by atoms with Crippen molar-refractivity contribution in [1.82, 2.24) is 0 Å². The zero-order valence-corrected chi connectivity index (χ0v) is 17.3. The van der Waals surface area contributed by atoms with Gasteiger partial charge in [0.1, 0.15) is 31.0 Å². The smallest absolute Gasteiger partial charge is 0.281 e. The standard InChI is InChI=1S/C25H25N3O2/c1-17-14-27(15-18(2)30-17)16-28-23-10-6-5-9-22(23)24(25(28)29)26-21-12-11-19-7-3-4-8-20(19)13-21/h3-13,17-18H,14-16H2,1-2H3/p+1/t17-,18+. The van der Waals surface area contributed by atoms with Gasteiger partial charge < -0.3 is 9.64 Å². The van der Waals surface area contributed by atoms with Gasteiger partial charge in [-0.2, -0.15) is 0 Å². The molecule has 5 heteroatoms. The molecule has 0 bridgehead atoms. The van der Waals surface area contributed by atoms with E-state index in [0.29, 0.717) is 12.4 Å². The molecule has 1 unspecified atom stereocenters. The number of anilines is 1. The molecule has 3 atom stereocenters. The number of morpholine rings is 1. The number of carbonyl (C=O) groups is 1. The van der Waals surface area contributed by atoms with Gasteiger partial charge in [0.05, 0.1) is 11.4 Å². The summed E-state index contributed by atoms with van der Waals surface area (Å²) < 4.78 is 5.86. The predicted molar refractivity (Wildman–Crippen MR) is 120 cm³/mol. The van der Waals surface area contributed by atoms with Gasteiger partial charge in [0.2, 0.25) is 0 Å². The van der Waals surface area contributed by atoms with Crippen LogP contribution in [-0.4, -0.2) is 43.6 Å². The van der Waals surface area contributed by atoms with E-state index in [2.05, 4.69) is 32.0 Å². The van der Waals surface area contributed by atoms with Crippen LogP contribution in [0.15, 0.2) is 71.7 Å². The van der Waals surface area contributed by atoms with Crippen molar-refractivity contribution in [3.63, 3.8) is 0 Å². The maximum atomic E-state index is 13.4. The van der Waals surface area contributed by atoms with Gasteiger partial charge >= 0.3 is 0 Å². The second kappa shape index (κ2) is 7.67. The van der Waals surface area contributed by atoms with Crippen LogP contribution in [0.4, 0.5) is 11.4 Å². The summed E-state index contributed by atoms with van der Waals surface area (Å²) in [7, 11) is 0. The van der Waals surface area contributed by atoms with E-state index in [9.17, 15) is 4.79 Å². The van der Waals surface area contributed by atoms with E-state index in [1.54, 1.807) is 0 Å². The molecule has 0 aromatic heterocycles. The first-order valence-corrected chi connectivity index (χ1v) is 10.6. The average Bonchev–Trinajstić information content (AvgIpc) is 2.99. The number of quaternary nitrogens is 1. The van der Waals surface area contributed by atoms with Crippen LogP contribution < -0.4 is 9.80 Å². The third-order valence-electron chi connectivity index (χ3n) is 5.87. The number of aliphatic imine (C=N–C) groups is 1. The number of fused-ring (bicyclic) bond motifs is 2. The second-order valence-corrected chi connectivity index (χ2v) is 8.32. The first-order chi connectivity index (χ1) is 14.6. The van der Waals surface area contributed by atoms with Crippen molar-refractivity contribution in [2.45, 2.75) is 26.1 Å². The highest BCUT2D eigenvalue weighted by Crippen LogP contribution is 2.31. The summed E-state index contributed by atoms with van der Waals surface area (Å²) in [6.07, 6.45) is 0.393. The van der Waals surface area contributed by atoms with Gasteiger partial charge in [0.15, 0.2) is 6.67 Å². The molecule has 152 valence electrons. The fourth-order valence-corrected chi connectivity index (χ4v) is 4.64. The average molecular weight is 401 g/mol. The molecule has 30 heavy (non-hydrogen) atoms. The quantitative estimate of drug-likeness (QED) is 0.735. The first-order valence-electron chi connectivity index (χ1n) is 10.6. The Balaban J connectivity index is 1.49. The van der Waals surface area contributed by atoms with Gasteiger partial charge in [-0.3, -0.25) is 9.69 Å². The highest BCUT2D eigenvalue weighted by atomic mass is 16.5. The summed E-state index contributed by atoms with van der Waals surface area (Å²) in [6, 6.07) is 22.2. The van der Waals surface area contributed by atoms with Gasteiger partial charge in [-0.1, -0.05) is 48.5 Å². The normalized spacial score (nSPS) is 25.1. The van der Waals surface area contributed by atoms with Crippen LogP contribution in [0.3, 0.4) is 0 Å². The van der Waals surface area contributed by atoms with Crippen molar-refractivity contribution >= 4 is 33.8 Å². The lowest BCUT2D eigenvalue weighted by molar-refractivity contribution is -0.913. The SMILES string of the molecule is C[C@@H]1C[NH+](CN2C(=O)C(=Nc3ccc4ccccc4c3)c3ccccc32)C[C@H](C)O1. The molecule has 5 rings (SSSR count). The lowest BCUT2D eigenvalue weighted by Gasteiger charge is -2.34. The number of ether oxygens (including phenoxy) is 1. The Morgan fingerprint density at radius 2 is 1.67 bits per heavy atom.